The van der Waals surface area contributed by atoms with Gasteiger partial charge in [-0.2, -0.15) is 0 Å². The fourth-order valence-electron chi connectivity index (χ4n) is 2.17. The molecule has 0 aliphatic rings. The molecular formula is C16H17Cl2NO3S. The zero-order valence-corrected chi connectivity index (χ0v) is 15.1. The van der Waals surface area contributed by atoms with Crippen molar-refractivity contribution in [2.75, 3.05) is 13.7 Å². The molecule has 124 valence electrons. The van der Waals surface area contributed by atoms with Crippen LogP contribution >= 0.6 is 23.2 Å². The molecule has 0 aliphatic heterocycles. The van der Waals surface area contributed by atoms with Crippen molar-refractivity contribution in [2.24, 2.45) is 0 Å². The van der Waals surface area contributed by atoms with Crippen molar-refractivity contribution in [3.63, 3.8) is 0 Å². The SMILES string of the molecule is COc1ccc(S(=O)(=O)NCCc2ccc(Cl)cc2Cl)c(C)c1. The number of nitrogens with one attached hydrogen (secondary N) is 1. The van der Waals surface area contributed by atoms with E-state index in [-0.39, 0.29) is 11.4 Å². The molecule has 0 radical (unpaired) electrons. The van der Waals surface area contributed by atoms with E-state index in [4.69, 9.17) is 27.9 Å². The summed E-state index contributed by atoms with van der Waals surface area (Å²) >= 11 is 11.9. The summed E-state index contributed by atoms with van der Waals surface area (Å²) in [6.07, 6.45) is 0.477. The second-order valence-corrected chi connectivity index (χ2v) is 7.59. The Morgan fingerprint density at radius 2 is 1.87 bits per heavy atom. The van der Waals surface area contributed by atoms with Crippen molar-refractivity contribution in [1.29, 1.82) is 0 Å². The van der Waals surface area contributed by atoms with E-state index in [2.05, 4.69) is 4.72 Å². The molecule has 0 fully saturated rings. The largest absolute Gasteiger partial charge is 0.497 e. The molecule has 7 heteroatoms. The minimum Gasteiger partial charge on any atom is -0.497 e. The summed E-state index contributed by atoms with van der Waals surface area (Å²) in [4.78, 5) is 0.237. The number of halogens is 2. The van der Waals surface area contributed by atoms with Crippen LogP contribution in [0.3, 0.4) is 0 Å². The molecule has 0 bridgehead atoms. The summed E-state index contributed by atoms with van der Waals surface area (Å²) in [7, 11) is -2.04. The number of hydrogen-bond donors (Lipinski definition) is 1. The van der Waals surface area contributed by atoms with E-state index in [1.54, 1.807) is 37.3 Å². The van der Waals surface area contributed by atoms with Gasteiger partial charge >= 0.3 is 0 Å². The van der Waals surface area contributed by atoms with Gasteiger partial charge in [0.25, 0.3) is 0 Å². The summed E-state index contributed by atoms with van der Waals surface area (Å²) in [6.45, 7) is 1.97. The van der Waals surface area contributed by atoms with Gasteiger partial charge in [-0.3, -0.25) is 0 Å². The lowest BCUT2D eigenvalue weighted by Crippen LogP contribution is -2.26. The van der Waals surface area contributed by atoms with E-state index in [9.17, 15) is 8.42 Å². The van der Waals surface area contributed by atoms with Crippen LogP contribution in [0.15, 0.2) is 41.3 Å². The summed E-state index contributed by atoms with van der Waals surface area (Å²) in [6, 6.07) is 10.00. The van der Waals surface area contributed by atoms with Crippen LogP contribution < -0.4 is 9.46 Å². The van der Waals surface area contributed by atoms with Gasteiger partial charge in [0.05, 0.1) is 12.0 Å². The Labute approximate surface area is 146 Å². The van der Waals surface area contributed by atoms with Crippen molar-refractivity contribution >= 4 is 33.2 Å². The molecule has 0 atom stereocenters. The van der Waals surface area contributed by atoms with Gasteiger partial charge in [-0.25, -0.2) is 13.1 Å². The second-order valence-electron chi connectivity index (χ2n) is 5.01. The molecule has 2 aromatic rings. The molecule has 0 heterocycles. The zero-order valence-electron chi connectivity index (χ0n) is 12.8. The lowest BCUT2D eigenvalue weighted by atomic mass is 10.1. The molecule has 2 rings (SSSR count). The minimum absolute atomic E-state index is 0.237. The molecule has 0 amide bonds. The first-order valence-corrected chi connectivity index (χ1v) is 9.15. The van der Waals surface area contributed by atoms with Gasteiger partial charge in [0.1, 0.15) is 5.75 Å². The fourth-order valence-corrected chi connectivity index (χ4v) is 3.93. The molecule has 0 saturated heterocycles. The minimum atomic E-state index is -3.58. The standard InChI is InChI=1S/C16H17Cl2NO3S/c1-11-9-14(22-2)5-6-16(11)23(20,21)19-8-7-12-3-4-13(17)10-15(12)18/h3-6,9-10,19H,7-8H2,1-2H3. The Hall–Kier alpha value is -1.27. The highest BCUT2D eigenvalue weighted by atomic mass is 35.5. The summed E-state index contributed by atoms with van der Waals surface area (Å²) in [5.41, 5.74) is 1.46. The van der Waals surface area contributed by atoms with Crippen molar-refractivity contribution in [3.05, 3.63) is 57.6 Å². The number of hydrogen-bond acceptors (Lipinski definition) is 3. The van der Waals surface area contributed by atoms with Gasteiger partial charge in [-0.1, -0.05) is 29.3 Å². The normalized spacial score (nSPS) is 11.5. The summed E-state index contributed by atoms with van der Waals surface area (Å²) in [5.74, 6) is 0.620. The monoisotopic (exact) mass is 373 g/mol. The first-order chi connectivity index (χ1) is 10.8. The third kappa shape index (κ3) is 4.61. The third-order valence-electron chi connectivity index (χ3n) is 3.37. The van der Waals surface area contributed by atoms with Crippen molar-refractivity contribution in [3.8, 4) is 5.75 Å². The maximum absolute atomic E-state index is 12.4. The molecule has 0 aromatic heterocycles. The summed E-state index contributed by atoms with van der Waals surface area (Å²) < 4.78 is 32.4. The molecule has 0 aliphatic carbocycles. The maximum atomic E-state index is 12.4. The number of benzene rings is 2. The van der Waals surface area contributed by atoms with Gasteiger partial charge in [-0.15, -0.1) is 0 Å². The van der Waals surface area contributed by atoms with Crippen molar-refractivity contribution in [2.45, 2.75) is 18.2 Å². The number of sulfonamides is 1. The van der Waals surface area contributed by atoms with E-state index < -0.39 is 10.0 Å². The number of rotatable bonds is 6. The molecule has 4 nitrogen and oxygen atoms in total. The van der Waals surface area contributed by atoms with Gasteiger partial charge in [0, 0.05) is 16.6 Å². The zero-order chi connectivity index (χ0) is 17.0. The molecule has 0 unspecified atom stereocenters. The highest BCUT2D eigenvalue weighted by Crippen LogP contribution is 2.22. The predicted octanol–water partition coefficient (Wildman–Crippen LogP) is 3.83. The average molecular weight is 374 g/mol. The number of ether oxygens (including phenoxy) is 1. The van der Waals surface area contributed by atoms with Crippen LogP contribution in [-0.2, 0) is 16.4 Å². The lowest BCUT2D eigenvalue weighted by molar-refractivity contribution is 0.414. The molecule has 0 spiro atoms. The van der Waals surface area contributed by atoms with Crippen LogP contribution in [0.25, 0.3) is 0 Å². The van der Waals surface area contributed by atoms with E-state index in [0.29, 0.717) is 27.8 Å². The number of aryl methyl sites for hydroxylation is 1. The van der Waals surface area contributed by atoms with Crippen LogP contribution in [0.5, 0.6) is 5.75 Å². The second kappa shape index (κ2) is 7.53. The topological polar surface area (TPSA) is 55.4 Å². The van der Waals surface area contributed by atoms with E-state index >= 15 is 0 Å². The van der Waals surface area contributed by atoms with Crippen LogP contribution in [0.1, 0.15) is 11.1 Å². The Bertz CT molecular complexity index is 807. The van der Waals surface area contributed by atoms with Gasteiger partial charge in [-0.05, 0) is 54.8 Å². The van der Waals surface area contributed by atoms with Crippen LogP contribution in [0, 0.1) is 6.92 Å². The highest BCUT2D eigenvalue weighted by Gasteiger charge is 2.16. The van der Waals surface area contributed by atoms with Gasteiger partial charge in [0.15, 0.2) is 0 Å². The van der Waals surface area contributed by atoms with Crippen LogP contribution in [0.2, 0.25) is 10.0 Å². The smallest absolute Gasteiger partial charge is 0.240 e. The first kappa shape index (κ1) is 18.1. The van der Waals surface area contributed by atoms with Crippen LogP contribution in [0.4, 0.5) is 0 Å². The van der Waals surface area contributed by atoms with Crippen molar-refractivity contribution < 1.29 is 13.2 Å². The molecule has 2 aromatic carbocycles. The quantitative estimate of drug-likeness (QED) is 0.836. The Kier molecular flexibility index (Phi) is 5.92. The van der Waals surface area contributed by atoms with Gasteiger partial charge < -0.3 is 4.74 Å². The Morgan fingerprint density at radius 3 is 2.48 bits per heavy atom. The molecule has 1 N–H and O–H groups in total. The van der Waals surface area contributed by atoms with E-state index in [1.807, 2.05) is 0 Å². The summed E-state index contributed by atoms with van der Waals surface area (Å²) in [5, 5.41) is 1.07. The van der Waals surface area contributed by atoms with Crippen LogP contribution in [-0.4, -0.2) is 22.1 Å². The molecule has 0 saturated carbocycles. The predicted molar refractivity (Wildman–Crippen MR) is 93.1 cm³/mol. The van der Waals surface area contributed by atoms with E-state index in [1.165, 1.54) is 13.2 Å². The van der Waals surface area contributed by atoms with Gasteiger partial charge in [0.2, 0.25) is 10.0 Å². The fraction of sp³-hybridized carbons (Fsp3) is 0.250. The Balaban J connectivity index is 2.07. The number of methoxy groups -OCH3 is 1. The molecule has 23 heavy (non-hydrogen) atoms. The average Bonchev–Trinajstić information content (AvgIpc) is 2.49. The maximum Gasteiger partial charge on any atom is 0.240 e. The van der Waals surface area contributed by atoms with E-state index in [0.717, 1.165) is 5.56 Å². The highest BCUT2D eigenvalue weighted by molar-refractivity contribution is 7.89. The first-order valence-electron chi connectivity index (χ1n) is 6.92. The molecular weight excluding hydrogens is 357 g/mol. The third-order valence-corrected chi connectivity index (χ3v) is 5.58. The lowest BCUT2D eigenvalue weighted by Gasteiger charge is -2.11. The van der Waals surface area contributed by atoms with Crippen molar-refractivity contribution in [1.82, 2.24) is 4.72 Å². The Morgan fingerprint density at radius 1 is 1.13 bits per heavy atom.